The molecule has 70 valence electrons. The molecule has 0 N–H and O–H groups in total. The van der Waals surface area contributed by atoms with Gasteiger partial charge >= 0.3 is 5.97 Å². The predicted molar refractivity (Wildman–Crippen MR) is 50.5 cm³/mol. The van der Waals surface area contributed by atoms with E-state index < -0.39 is 5.97 Å². The van der Waals surface area contributed by atoms with E-state index in [0.717, 1.165) is 5.39 Å². The highest BCUT2D eigenvalue weighted by atomic mass is 19.3. The first-order chi connectivity index (χ1) is 6.83. The van der Waals surface area contributed by atoms with Crippen LogP contribution in [-0.4, -0.2) is 5.97 Å². The molecule has 0 aliphatic carbocycles. The van der Waals surface area contributed by atoms with Crippen LogP contribution in [0.5, 0.6) is 0 Å². The Kier molecular flexibility index (Phi) is 2.14. The molecule has 14 heavy (non-hydrogen) atoms. The van der Waals surface area contributed by atoms with Gasteiger partial charge in [-0.1, -0.05) is 36.4 Å². The molecule has 0 saturated carbocycles. The molecule has 3 heteroatoms. The van der Waals surface area contributed by atoms with Gasteiger partial charge in [0.25, 0.3) is 0 Å². The van der Waals surface area contributed by atoms with Gasteiger partial charge in [0.2, 0.25) is 0 Å². The fourth-order valence-corrected chi connectivity index (χ4v) is 1.44. The van der Waals surface area contributed by atoms with Crippen LogP contribution in [0.2, 0.25) is 0 Å². The summed E-state index contributed by atoms with van der Waals surface area (Å²) >= 11 is 0. The molecule has 0 atom stereocenters. The summed E-state index contributed by atoms with van der Waals surface area (Å²) in [5, 5.41) is 1.58. The Balaban J connectivity index is 2.71. The first-order valence-electron chi connectivity index (χ1n) is 4.13. The highest BCUT2D eigenvalue weighted by molar-refractivity contribution is 6.04. The van der Waals surface area contributed by atoms with Crippen molar-refractivity contribution in [3.05, 3.63) is 48.0 Å². The highest BCUT2D eigenvalue weighted by Gasteiger charge is 2.10. The minimum absolute atomic E-state index is 0.241. The smallest absolute Gasteiger partial charge is 0.249 e. The number of rotatable bonds is 1. The standard InChI is InChI=1S/C11H7FO2/c12-14-11(13)10-7-3-5-8-4-1-2-6-9(8)10/h1-7H. The summed E-state index contributed by atoms with van der Waals surface area (Å²) in [4.78, 5) is 14.2. The number of halogens is 1. The van der Waals surface area contributed by atoms with Crippen molar-refractivity contribution in [1.29, 1.82) is 0 Å². The fraction of sp³-hybridized carbons (Fsp3) is 0. The van der Waals surface area contributed by atoms with Gasteiger partial charge < -0.3 is 0 Å². The maximum absolute atomic E-state index is 11.8. The number of benzene rings is 2. The van der Waals surface area contributed by atoms with Crippen molar-refractivity contribution in [2.24, 2.45) is 0 Å². The molecule has 0 saturated heterocycles. The second-order valence-electron chi connectivity index (χ2n) is 2.89. The van der Waals surface area contributed by atoms with Crippen LogP contribution >= 0.6 is 0 Å². The molecule has 0 unspecified atom stereocenters. The van der Waals surface area contributed by atoms with Crippen molar-refractivity contribution in [1.82, 2.24) is 0 Å². The highest BCUT2D eigenvalue weighted by Crippen LogP contribution is 2.19. The molecule has 0 aromatic heterocycles. The van der Waals surface area contributed by atoms with Crippen LogP contribution in [0.3, 0.4) is 0 Å². The summed E-state index contributed by atoms with van der Waals surface area (Å²) in [5.74, 6) is -0.957. The summed E-state index contributed by atoms with van der Waals surface area (Å²) in [6.45, 7) is 0. The van der Waals surface area contributed by atoms with E-state index in [4.69, 9.17) is 0 Å². The lowest BCUT2D eigenvalue weighted by Gasteiger charge is -2.01. The van der Waals surface area contributed by atoms with E-state index in [0.29, 0.717) is 5.39 Å². The minimum atomic E-state index is -0.957. The van der Waals surface area contributed by atoms with Crippen molar-refractivity contribution in [3.63, 3.8) is 0 Å². The zero-order valence-corrected chi connectivity index (χ0v) is 7.24. The van der Waals surface area contributed by atoms with E-state index in [1.165, 1.54) is 6.07 Å². The molecule has 2 nitrogen and oxygen atoms in total. The summed E-state index contributed by atoms with van der Waals surface area (Å²) in [7, 11) is 0. The zero-order chi connectivity index (χ0) is 9.97. The van der Waals surface area contributed by atoms with Gasteiger partial charge in [-0.3, -0.25) is 0 Å². The maximum Gasteiger partial charge on any atom is 0.380 e. The van der Waals surface area contributed by atoms with Crippen LogP contribution < -0.4 is 0 Å². The average Bonchev–Trinajstić information content (AvgIpc) is 2.27. The van der Waals surface area contributed by atoms with Gasteiger partial charge in [-0.2, -0.15) is 0 Å². The Morgan fingerprint density at radius 2 is 1.79 bits per heavy atom. The van der Waals surface area contributed by atoms with Crippen molar-refractivity contribution < 1.29 is 14.3 Å². The average molecular weight is 190 g/mol. The third-order valence-corrected chi connectivity index (χ3v) is 2.08. The number of hydrogen-bond donors (Lipinski definition) is 0. The largest absolute Gasteiger partial charge is 0.380 e. The van der Waals surface area contributed by atoms with Gasteiger partial charge in [-0.25, -0.2) is 9.74 Å². The molecule has 2 aromatic carbocycles. The third kappa shape index (κ3) is 1.33. The van der Waals surface area contributed by atoms with Gasteiger partial charge in [0.15, 0.2) is 0 Å². The van der Waals surface area contributed by atoms with Gasteiger partial charge in [0.1, 0.15) is 0 Å². The minimum Gasteiger partial charge on any atom is -0.249 e. The van der Waals surface area contributed by atoms with Crippen molar-refractivity contribution in [2.75, 3.05) is 0 Å². The zero-order valence-electron chi connectivity index (χ0n) is 7.24. The monoisotopic (exact) mass is 190 g/mol. The van der Waals surface area contributed by atoms with Crippen molar-refractivity contribution in [3.8, 4) is 0 Å². The van der Waals surface area contributed by atoms with E-state index in [1.807, 2.05) is 18.2 Å². The topological polar surface area (TPSA) is 26.3 Å². The quantitative estimate of drug-likeness (QED) is 0.691. The second-order valence-corrected chi connectivity index (χ2v) is 2.89. The van der Waals surface area contributed by atoms with Gasteiger partial charge in [0, 0.05) is 4.53 Å². The molecule has 0 radical (unpaired) electrons. The molecular formula is C11H7FO2. The van der Waals surface area contributed by atoms with Crippen molar-refractivity contribution in [2.45, 2.75) is 0 Å². The van der Waals surface area contributed by atoms with Gasteiger partial charge in [0.05, 0.1) is 5.56 Å². The SMILES string of the molecule is O=C(OF)c1cccc2ccccc12. The summed E-state index contributed by atoms with van der Waals surface area (Å²) in [5.41, 5.74) is 0.241. The van der Waals surface area contributed by atoms with Gasteiger partial charge in [-0.05, 0) is 16.8 Å². The second kappa shape index (κ2) is 3.46. The molecule has 0 amide bonds. The lowest BCUT2D eigenvalue weighted by atomic mass is 10.1. The van der Waals surface area contributed by atoms with Gasteiger partial charge in [-0.15, -0.1) is 0 Å². The van der Waals surface area contributed by atoms with Crippen molar-refractivity contribution >= 4 is 16.7 Å². The Morgan fingerprint density at radius 3 is 2.57 bits per heavy atom. The van der Waals surface area contributed by atoms with Crippen LogP contribution in [0.1, 0.15) is 10.4 Å². The van der Waals surface area contributed by atoms with Crippen LogP contribution in [0, 0.1) is 0 Å². The Labute approximate surface area is 79.8 Å². The molecule has 0 aliphatic heterocycles. The van der Waals surface area contributed by atoms with Crippen LogP contribution in [0.25, 0.3) is 10.8 Å². The van der Waals surface area contributed by atoms with Crippen LogP contribution in [-0.2, 0) is 4.94 Å². The van der Waals surface area contributed by atoms with E-state index in [9.17, 15) is 9.32 Å². The molecule has 2 aromatic rings. The molecular weight excluding hydrogens is 183 g/mol. The normalized spacial score (nSPS) is 10.1. The number of carbonyl (C=O) groups is 1. The molecule has 0 spiro atoms. The first kappa shape index (κ1) is 8.69. The molecule has 0 aliphatic rings. The number of fused-ring (bicyclic) bond motifs is 1. The summed E-state index contributed by atoms with van der Waals surface area (Å²) < 4.78 is 11.8. The van der Waals surface area contributed by atoms with E-state index in [1.54, 1.807) is 18.2 Å². The summed E-state index contributed by atoms with van der Waals surface area (Å²) in [6, 6.07) is 12.3. The van der Waals surface area contributed by atoms with E-state index in [2.05, 4.69) is 4.94 Å². The Bertz CT molecular complexity index is 474. The van der Waals surface area contributed by atoms with E-state index >= 15 is 0 Å². The summed E-state index contributed by atoms with van der Waals surface area (Å²) in [6.07, 6.45) is 0. The fourth-order valence-electron chi connectivity index (χ4n) is 1.44. The predicted octanol–water partition coefficient (Wildman–Crippen LogP) is 2.88. The Hall–Kier alpha value is -1.90. The molecule has 0 bridgehead atoms. The third-order valence-electron chi connectivity index (χ3n) is 2.08. The lowest BCUT2D eigenvalue weighted by Crippen LogP contribution is -1.99. The van der Waals surface area contributed by atoms with E-state index in [-0.39, 0.29) is 5.56 Å². The lowest BCUT2D eigenvalue weighted by molar-refractivity contribution is -0.0786. The Morgan fingerprint density at radius 1 is 1.07 bits per heavy atom. The molecule has 2 rings (SSSR count). The molecule has 0 fully saturated rings. The number of carbonyl (C=O) groups excluding carboxylic acids is 1. The maximum atomic E-state index is 11.8. The number of hydrogen-bond acceptors (Lipinski definition) is 2. The van der Waals surface area contributed by atoms with Crippen LogP contribution in [0.15, 0.2) is 42.5 Å². The first-order valence-corrected chi connectivity index (χ1v) is 4.13. The van der Waals surface area contributed by atoms with Crippen LogP contribution in [0.4, 0.5) is 4.53 Å². The molecule has 0 heterocycles.